The summed E-state index contributed by atoms with van der Waals surface area (Å²) in [6, 6.07) is 17.2. The summed E-state index contributed by atoms with van der Waals surface area (Å²) in [5, 5.41) is 11.6. The summed E-state index contributed by atoms with van der Waals surface area (Å²) in [7, 11) is 1.63. The SMILES string of the molecule is CCC(N)C(O)c1cc(-c2ccccc2)nc2ccc(OC)cc12. The van der Waals surface area contributed by atoms with E-state index in [4.69, 9.17) is 15.5 Å². The van der Waals surface area contributed by atoms with Gasteiger partial charge in [-0.1, -0.05) is 37.3 Å². The number of aliphatic hydroxyl groups excluding tert-OH is 1. The summed E-state index contributed by atoms with van der Waals surface area (Å²) in [5.41, 5.74) is 9.53. The number of hydrogen-bond donors (Lipinski definition) is 2. The highest BCUT2D eigenvalue weighted by Gasteiger charge is 2.20. The maximum absolute atomic E-state index is 10.7. The molecule has 0 saturated heterocycles. The number of benzene rings is 2. The zero-order chi connectivity index (χ0) is 17.1. The summed E-state index contributed by atoms with van der Waals surface area (Å²) in [6.45, 7) is 1.97. The van der Waals surface area contributed by atoms with E-state index in [-0.39, 0.29) is 6.04 Å². The van der Waals surface area contributed by atoms with E-state index in [0.717, 1.165) is 33.5 Å². The fourth-order valence-electron chi connectivity index (χ4n) is 2.81. The molecule has 2 atom stereocenters. The van der Waals surface area contributed by atoms with E-state index >= 15 is 0 Å². The molecule has 0 spiro atoms. The summed E-state index contributed by atoms with van der Waals surface area (Å²) in [4.78, 5) is 4.74. The molecule has 0 bridgehead atoms. The van der Waals surface area contributed by atoms with Crippen LogP contribution in [0.3, 0.4) is 0 Å². The second kappa shape index (κ2) is 6.99. The lowest BCUT2D eigenvalue weighted by atomic mass is 9.95. The Balaban J connectivity index is 2.23. The summed E-state index contributed by atoms with van der Waals surface area (Å²) < 4.78 is 5.32. The number of ether oxygens (including phenoxy) is 1. The third-order valence-electron chi connectivity index (χ3n) is 4.31. The molecule has 2 unspecified atom stereocenters. The van der Waals surface area contributed by atoms with Crippen molar-refractivity contribution in [3.63, 3.8) is 0 Å². The number of nitrogens with two attached hydrogens (primary N) is 1. The average Bonchev–Trinajstić information content (AvgIpc) is 2.66. The number of fused-ring (bicyclic) bond motifs is 1. The Morgan fingerprint density at radius 2 is 1.88 bits per heavy atom. The third-order valence-corrected chi connectivity index (χ3v) is 4.31. The molecule has 2 aromatic carbocycles. The van der Waals surface area contributed by atoms with Crippen LogP contribution in [0.5, 0.6) is 5.75 Å². The topological polar surface area (TPSA) is 68.4 Å². The molecule has 0 radical (unpaired) electrons. The Morgan fingerprint density at radius 3 is 2.54 bits per heavy atom. The molecule has 0 amide bonds. The Labute approximate surface area is 141 Å². The van der Waals surface area contributed by atoms with Crippen molar-refractivity contribution < 1.29 is 9.84 Å². The highest BCUT2D eigenvalue weighted by Crippen LogP contribution is 2.32. The number of aliphatic hydroxyl groups is 1. The fourth-order valence-corrected chi connectivity index (χ4v) is 2.81. The van der Waals surface area contributed by atoms with Gasteiger partial charge in [0.1, 0.15) is 5.75 Å². The number of nitrogens with zero attached hydrogens (tertiary/aromatic N) is 1. The molecule has 0 fully saturated rings. The molecule has 3 rings (SSSR count). The van der Waals surface area contributed by atoms with Gasteiger partial charge in [0, 0.05) is 17.0 Å². The monoisotopic (exact) mass is 322 g/mol. The predicted octanol–water partition coefficient (Wildman–Crippen LogP) is 3.68. The second-order valence-corrected chi connectivity index (χ2v) is 5.86. The molecule has 1 heterocycles. The Hall–Kier alpha value is -2.43. The van der Waals surface area contributed by atoms with Gasteiger partial charge in [-0.2, -0.15) is 0 Å². The van der Waals surface area contributed by atoms with Crippen LogP contribution in [0.4, 0.5) is 0 Å². The van der Waals surface area contributed by atoms with Crippen LogP contribution in [0.2, 0.25) is 0 Å². The normalized spacial score (nSPS) is 13.7. The molecule has 0 aliphatic carbocycles. The average molecular weight is 322 g/mol. The minimum atomic E-state index is -0.755. The fraction of sp³-hybridized carbons (Fsp3) is 0.250. The van der Waals surface area contributed by atoms with Crippen molar-refractivity contribution in [2.45, 2.75) is 25.5 Å². The Bertz CT molecular complexity index is 834. The van der Waals surface area contributed by atoms with Crippen LogP contribution in [-0.2, 0) is 0 Å². The number of hydrogen-bond acceptors (Lipinski definition) is 4. The van der Waals surface area contributed by atoms with Gasteiger partial charge < -0.3 is 15.6 Å². The predicted molar refractivity (Wildman–Crippen MR) is 97.0 cm³/mol. The van der Waals surface area contributed by atoms with E-state index in [2.05, 4.69) is 0 Å². The Morgan fingerprint density at radius 1 is 1.12 bits per heavy atom. The van der Waals surface area contributed by atoms with E-state index in [1.54, 1.807) is 7.11 Å². The van der Waals surface area contributed by atoms with E-state index in [9.17, 15) is 5.11 Å². The van der Waals surface area contributed by atoms with Crippen molar-refractivity contribution in [2.75, 3.05) is 7.11 Å². The molecular weight excluding hydrogens is 300 g/mol. The van der Waals surface area contributed by atoms with Crippen LogP contribution in [0.25, 0.3) is 22.2 Å². The summed E-state index contributed by atoms with van der Waals surface area (Å²) >= 11 is 0. The molecule has 4 nitrogen and oxygen atoms in total. The van der Waals surface area contributed by atoms with Gasteiger partial charge in [0.2, 0.25) is 0 Å². The van der Waals surface area contributed by atoms with Gasteiger partial charge in [-0.3, -0.25) is 0 Å². The van der Waals surface area contributed by atoms with Crippen molar-refractivity contribution in [1.82, 2.24) is 4.98 Å². The van der Waals surface area contributed by atoms with Gasteiger partial charge in [0.15, 0.2) is 0 Å². The Kier molecular flexibility index (Phi) is 4.79. The quantitative estimate of drug-likeness (QED) is 0.752. The first kappa shape index (κ1) is 16.4. The van der Waals surface area contributed by atoms with Crippen molar-refractivity contribution in [3.05, 3.63) is 60.2 Å². The van der Waals surface area contributed by atoms with E-state index in [0.29, 0.717) is 6.42 Å². The molecule has 124 valence electrons. The molecule has 0 saturated carbocycles. The van der Waals surface area contributed by atoms with Crippen molar-refractivity contribution in [1.29, 1.82) is 0 Å². The molecule has 4 heteroatoms. The molecule has 0 aliphatic heterocycles. The van der Waals surface area contributed by atoms with Gasteiger partial charge in [-0.05, 0) is 36.2 Å². The number of pyridine rings is 1. The number of methoxy groups -OCH3 is 1. The zero-order valence-electron chi connectivity index (χ0n) is 13.9. The molecule has 24 heavy (non-hydrogen) atoms. The second-order valence-electron chi connectivity index (χ2n) is 5.86. The van der Waals surface area contributed by atoms with Gasteiger partial charge in [0.05, 0.1) is 24.4 Å². The van der Waals surface area contributed by atoms with Crippen molar-refractivity contribution in [3.8, 4) is 17.0 Å². The van der Waals surface area contributed by atoms with Gasteiger partial charge in [0.25, 0.3) is 0 Å². The lowest BCUT2D eigenvalue weighted by Gasteiger charge is -2.20. The third kappa shape index (κ3) is 3.11. The molecular formula is C20H22N2O2. The lowest BCUT2D eigenvalue weighted by molar-refractivity contribution is 0.146. The van der Waals surface area contributed by atoms with Crippen LogP contribution in [0.15, 0.2) is 54.6 Å². The molecule has 3 N–H and O–H groups in total. The summed E-state index contributed by atoms with van der Waals surface area (Å²) in [6.07, 6.45) is -0.0645. The number of aromatic nitrogens is 1. The molecule has 0 aliphatic rings. The van der Waals surface area contributed by atoms with E-state index in [1.165, 1.54) is 0 Å². The minimum Gasteiger partial charge on any atom is -0.497 e. The smallest absolute Gasteiger partial charge is 0.119 e. The number of rotatable bonds is 5. The van der Waals surface area contributed by atoms with Crippen LogP contribution in [0.1, 0.15) is 25.0 Å². The van der Waals surface area contributed by atoms with Gasteiger partial charge in [-0.15, -0.1) is 0 Å². The van der Waals surface area contributed by atoms with Gasteiger partial charge >= 0.3 is 0 Å². The van der Waals surface area contributed by atoms with Crippen LogP contribution < -0.4 is 10.5 Å². The first-order valence-electron chi connectivity index (χ1n) is 8.11. The maximum atomic E-state index is 10.7. The molecule has 3 aromatic rings. The van der Waals surface area contributed by atoms with E-state index < -0.39 is 6.10 Å². The highest BCUT2D eigenvalue weighted by molar-refractivity contribution is 5.87. The maximum Gasteiger partial charge on any atom is 0.119 e. The van der Waals surface area contributed by atoms with Crippen molar-refractivity contribution in [2.24, 2.45) is 5.73 Å². The largest absolute Gasteiger partial charge is 0.497 e. The van der Waals surface area contributed by atoms with Crippen molar-refractivity contribution >= 4 is 10.9 Å². The standard InChI is InChI=1S/C20H22N2O2/c1-3-17(21)20(23)16-12-19(13-7-5-4-6-8-13)22-18-10-9-14(24-2)11-15(16)18/h4-12,17,20,23H,3,21H2,1-2H3. The zero-order valence-corrected chi connectivity index (χ0v) is 13.9. The van der Waals surface area contributed by atoms with Gasteiger partial charge in [-0.25, -0.2) is 4.98 Å². The highest BCUT2D eigenvalue weighted by atomic mass is 16.5. The first-order chi connectivity index (χ1) is 11.6. The van der Waals surface area contributed by atoms with Crippen LogP contribution in [0, 0.1) is 0 Å². The van der Waals surface area contributed by atoms with E-state index in [1.807, 2.05) is 61.5 Å². The first-order valence-corrected chi connectivity index (χ1v) is 8.11. The lowest BCUT2D eigenvalue weighted by Crippen LogP contribution is -2.27. The van der Waals surface area contributed by atoms with Crippen LogP contribution in [-0.4, -0.2) is 23.2 Å². The van der Waals surface area contributed by atoms with Crippen LogP contribution >= 0.6 is 0 Å². The summed E-state index contributed by atoms with van der Waals surface area (Å²) in [5.74, 6) is 0.732. The minimum absolute atomic E-state index is 0.328. The molecule has 1 aromatic heterocycles.